The van der Waals surface area contributed by atoms with Crippen molar-refractivity contribution in [3.63, 3.8) is 0 Å². The molecular weight excluding hydrogens is 258 g/mol. The van der Waals surface area contributed by atoms with Crippen LogP contribution in [0.4, 0.5) is 11.4 Å². The van der Waals surface area contributed by atoms with Crippen LogP contribution in [0.15, 0.2) is 24.3 Å². The van der Waals surface area contributed by atoms with Gasteiger partial charge < -0.3 is 20.9 Å². The summed E-state index contributed by atoms with van der Waals surface area (Å²) in [7, 11) is 0. The van der Waals surface area contributed by atoms with Crippen molar-refractivity contribution in [3.8, 4) is 0 Å². The molecule has 0 bridgehead atoms. The minimum Gasteiger partial charge on any atom is -0.399 e. The number of carbonyl (C=O) groups excluding carboxylic acids is 1. The first-order valence-corrected chi connectivity index (χ1v) is 6.77. The summed E-state index contributed by atoms with van der Waals surface area (Å²) in [5, 5.41) is 12.1. The number of nitrogens with two attached hydrogens (primary N) is 1. The summed E-state index contributed by atoms with van der Waals surface area (Å²) in [6.45, 7) is 2.58. The minimum atomic E-state index is -0.0567. The Morgan fingerprint density at radius 2 is 2.40 bits per heavy atom. The van der Waals surface area contributed by atoms with Crippen LogP contribution in [-0.2, 0) is 9.53 Å². The Kier molecular flexibility index (Phi) is 5.34. The summed E-state index contributed by atoms with van der Waals surface area (Å²) in [5.41, 5.74) is 6.99. The maximum absolute atomic E-state index is 11.9. The van der Waals surface area contributed by atoms with Crippen LogP contribution in [0.25, 0.3) is 0 Å². The van der Waals surface area contributed by atoms with Crippen LogP contribution in [-0.4, -0.2) is 54.9 Å². The summed E-state index contributed by atoms with van der Waals surface area (Å²) >= 11 is 0. The monoisotopic (exact) mass is 279 g/mol. The van der Waals surface area contributed by atoms with Gasteiger partial charge in [-0.1, -0.05) is 6.07 Å². The maximum atomic E-state index is 11.9. The summed E-state index contributed by atoms with van der Waals surface area (Å²) in [6, 6.07) is 7.09. The predicted molar refractivity (Wildman–Crippen MR) is 77.4 cm³/mol. The lowest BCUT2D eigenvalue weighted by atomic mass is 10.2. The van der Waals surface area contributed by atoms with Gasteiger partial charge >= 0.3 is 0 Å². The molecule has 4 N–H and O–H groups in total. The molecule has 1 aromatic carbocycles. The zero-order valence-corrected chi connectivity index (χ0v) is 11.4. The van der Waals surface area contributed by atoms with Crippen molar-refractivity contribution in [3.05, 3.63) is 24.3 Å². The van der Waals surface area contributed by atoms with Gasteiger partial charge in [0.25, 0.3) is 0 Å². The van der Waals surface area contributed by atoms with E-state index in [1.54, 1.807) is 24.3 Å². The largest absolute Gasteiger partial charge is 0.399 e. The van der Waals surface area contributed by atoms with Gasteiger partial charge in [-0.3, -0.25) is 9.69 Å². The van der Waals surface area contributed by atoms with E-state index in [0.717, 1.165) is 6.54 Å². The molecule has 0 spiro atoms. The Hall–Kier alpha value is -1.63. The van der Waals surface area contributed by atoms with Crippen molar-refractivity contribution in [2.24, 2.45) is 0 Å². The Morgan fingerprint density at radius 1 is 1.55 bits per heavy atom. The number of rotatable bonds is 5. The fourth-order valence-corrected chi connectivity index (χ4v) is 2.24. The smallest absolute Gasteiger partial charge is 0.225 e. The number of hydrogen-bond donors (Lipinski definition) is 3. The number of nitrogen functional groups attached to an aromatic ring is 1. The van der Waals surface area contributed by atoms with Gasteiger partial charge in [-0.05, 0) is 18.2 Å². The highest BCUT2D eigenvalue weighted by atomic mass is 16.5. The zero-order chi connectivity index (χ0) is 14.4. The third-order valence-corrected chi connectivity index (χ3v) is 3.36. The average molecular weight is 279 g/mol. The third-order valence-electron chi connectivity index (χ3n) is 3.36. The summed E-state index contributed by atoms with van der Waals surface area (Å²) in [5.74, 6) is -0.0567. The van der Waals surface area contributed by atoms with Crippen molar-refractivity contribution in [1.29, 1.82) is 0 Å². The van der Waals surface area contributed by atoms with Crippen molar-refractivity contribution < 1.29 is 14.6 Å². The molecule has 6 nitrogen and oxygen atoms in total. The molecule has 1 unspecified atom stereocenters. The molecule has 1 heterocycles. The lowest BCUT2D eigenvalue weighted by Gasteiger charge is -2.34. The molecule has 1 atom stereocenters. The molecule has 1 aromatic rings. The van der Waals surface area contributed by atoms with Crippen LogP contribution in [0.3, 0.4) is 0 Å². The minimum absolute atomic E-state index is 0.0103. The van der Waals surface area contributed by atoms with E-state index < -0.39 is 0 Å². The number of ether oxygens (including phenoxy) is 1. The van der Waals surface area contributed by atoms with E-state index >= 15 is 0 Å². The molecule has 1 aliphatic rings. The van der Waals surface area contributed by atoms with E-state index in [4.69, 9.17) is 10.5 Å². The molecule has 0 radical (unpaired) electrons. The second kappa shape index (κ2) is 7.23. The topological polar surface area (TPSA) is 87.8 Å². The van der Waals surface area contributed by atoms with Gasteiger partial charge in [-0.25, -0.2) is 0 Å². The van der Waals surface area contributed by atoms with Crippen LogP contribution in [0, 0.1) is 0 Å². The number of carbonyl (C=O) groups is 1. The number of aliphatic hydroxyl groups is 1. The lowest BCUT2D eigenvalue weighted by Crippen LogP contribution is -2.48. The molecule has 0 aliphatic carbocycles. The first-order valence-electron chi connectivity index (χ1n) is 6.77. The number of nitrogens with one attached hydrogen (secondary N) is 1. The molecule has 0 saturated carbocycles. The van der Waals surface area contributed by atoms with Crippen LogP contribution < -0.4 is 11.1 Å². The number of anilines is 2. The van der Waals surface area contributed by atoms with Crippen molar-refractivity contribution in [1.82, 2.24) is 4.90 Å². The van der Waals surface area contributed by atoms with Gasteiger partial charge in [0.2, 0.25) is 5.91 Å². The van der Waals surface area contributed by atoms with E-state index in [9.17, 15) is 9.90 Å². The standard InChI is InChI=1S/C14H21N3O3/c15-11-2-1-3-12(8-11)16-14(19)4-5-17-6-7-20-10-13(17)9-18/h1-3,8,13,18H,4-7,9-10,15H2,(H,16,19). The number of amides is 1. The zero-order valence-electron chi connectivity index (χ0n) is 11.4. The molecule has 2 rings (SSSR count). The van der Waals surface area contributed by atoms with Crippen LogP contribution in [0.1, 0.15) is 6.42 Å². The van der Waals surface area contributed by atoms with Crippen LogP contribution >= 0.6 is 0 Å². The normalized spacial score (nSPS) is 19.8. The van der Waals surface area contributed by atoms with E-state index in [1.165, 1.54) is 0 Å². The molecule has 110 valence electrons. The van der Waals surface area contributed by atoms with Crippen molar-refractivity contribution >= 4 is 17.3 Å². The number of benzene rings is 1. The van der Waals surface area contributed by atoms with Gasteiger partial charge in [0.15, 0.2) is 0 Å². The Bertz CT molecular complexity index is 453. The second-order valence-corrected chi connectivity index (χ2v) is 4.87. The van der Waals surface area contributed by atoms with Gasteiger partial charge in [0, 0.05) is 30.9 Å². The quantitative estimate of drug-likeness (QED) is 0.674. The van der Waals surface area contributed by atoms with Crippen LogP contribution in [0.5, 0.6) is 0 Å². The highest BCUT2D eigenvalue weighted by Gasteiger charge is 2.22. The maximum Gasteiger partial charge on any atom is 0.225 e. The first kappa shape index (κ1) is 14.8. The number of morpholine rings is 1. The summed E-state index contributed by atoms with van der Waals surface area (Å²) in [6.07, 6.45) is 0.380. The Balaban J connectivity index is 1.79. The molecule has 1 saturated heterocycles. The van der Waals surface area contributed by atoms with Gasteiger partial charge in [-0.15, -0.1) is 0 Å². The fraction of sp³-hybridized carbons (Fsp3) is 0.500. The van der Waals surface area contributed by atoms with E-state index in [0.29, 0.717) is 37.6 Å². The highest BCUT2D eigenvalue weighted by Crippen LogP contribution is 2.12. The third kappa shape index (κ3) is 4.19. The fourth-order valence-electron chi connectivity index (χ4n) is 2.24. The number of hydrogen-bond acceptors (Lipinski definition) is 5. The first-order chi connectivity index (χ1) is 9.69. The highest BCUT2D eigenvalue weighted by molar-refractivity contribution is 5.91. The summed E-state index contributed by atoms with van der Waals surface area (Å²) in [4.78, 5) is 14.0. The van der Waals surface area contributed by atoms with Gasteiger partial charge in [0.05, 0.1) is 25.9 Å². The van der Waals surface area contributed by atoms with E-state index in [-0.39, 0.29) is 18.6 Å². The Morgan fingerprint density at radius 3 is 3.15 bits per heavy atom. The number of aliphatic hydroxyl groups excluding tert-OH is 1. The van der Waals surface area contributed by atoms with Crippen LogP contribution in [0.2, 0.25) is 0 Å². The van der Waals surface area contributed by atoms with E-state index in [1.807, 2.05) is 0 Å². The van der Waals surface area contributed by atoms with Gasteiger partial charge in [-0.2, -0.15) is 0 Å². The molecule has 20 heavy (non-hydrogen) atoms. The van der Waals surface area contributed by atoms with Crippen molar-refractivity contribution in [2.45, 2.75) is 12.5 Å². The predicted octanol–water partition coefficient (Wildman–Crippen LogP) is 0.291. The second-order valence-electron chi connectivity index (χ2n) is 4.87. The van der Waals surface area contributed by atoms with Crippen molar-refractivity contribution in [2.75, 3.05) is 44.0 Å². The molecule has 1 amide bonds. The van der Waals surface area contributed by atoms with Gasteiger partial charge in [0.1, 0.15) is 0 Å². The number of nitrogens with zero attached hydrogens (tertiary/aromatic N) is 1. The molecular formula is C14H21N3O3. The molecule has 1 fully saturated rings. The SMILES string of the molecule is Nc1cccc(NC(=O)CCN2CCOCC2CO)c1. The van der Waals surface area contributed by atoms with E-state index in [2.05, 4.69) is 10.2 Å². The average Bonchev–Trinajstić information content (AvgIpc) is 2.45. The molecule has 1 aliphatic heterocycles. The lowest BCUT2D eigenvalue weighted by molar-refractivity contribution is -0.117. The Labute approximate surface area is 118 Å². The molecule has 6 heteroatoms. The summed E-state index contributed by atoms with van der Waals surface area (Å²) < 4.78 is 5.30. The molecule has 0 aromatic heterocycles.